The topological polar surface area (TPSA) is 105 Å². The number of carbonyl (C=O) groups is 3. The first kappa shape index (κ1) is 17.2. The number of amides is 3. The third-order valence-corrected chi connectivity index (χ3v) is 4.93. The molecule has 2 aliphatic heterocycles. The number of aromatic nitrogens is 1. The molecule has 0 aliphatic carbocycles. The van der Waals surface area contributed by atoms with Crippen molar-refractivity contribution in [3.63, 3.8) is 0 Å². The number of nitrogens with zero attached hydrogens (tertiary/aromatic N) is 2. The number of hydrogen-bond donors (Lipinski definition) is 2. The largest absolute Gasteiger partial charge is 0.360 e. The molecule has 0 spiro atoms. The van der Waals surface area contributed by atoms with Gasteiger partial charge in [-0.1, -0.05) is 5.16 Å². The maximum absolute atomic E-state index is 13.7. The van der Waals surface area contributed by atoms with Gasteiger partial charge in [-0.25, -0.2) is 4.39 Å². The zero-order valence-electron chi connectivity index (χ0n) is 14.5. The maximum Gasteiger partial charge on any atom is 0.273 e. The summed E-state index contributed by atoms with van der Waals surface area (Å²) < 4.78 is 18.9. The molecule has 0 radical (unpaired) electrons. The summed E-state index contributed by atoms with van der Waals surface area (Å²) in [5.74, 6) is -1.63. The van der Waals surface area contributed by atoms with Crippen LogP contribution in [0, 0.1) is 5.82 Å². The second-order valence-corrected chi connectivity index (χ2v) is 6.56. The van der Waals surface area contributed by atoms with Crippen molar-refractivity contribution in [1.29, 1.82) is 0 Å². The Morgan fingerprint density at radius 3 is 3.00 bits per heavy atom. The Morgan fingerprint density at radius 1 is 1.41 bits per heavy atom. The zero-order valence-corrected chi connectivity index (χ0v) is 14.5. The summed E-state index contributed by atoms with van der Waals surface area (Å²) in [7, 11) is 1.49. The lowest BCUT2D eigenvalue weighted by Gasteiger charge is -2.32. The summed E-state index contributed by atoms with van der Waals surface area (Å²) in [6, 6.07) is 3.98. The van der Waals surface area contributed by atoms with E-state index in [0.717, 1.165) is 0 Å². The van der Waals surface area contributed by atoms with Crippen LogP contribution < -0.4 is 10.6 Å². The van der Waals surface area contributed by atoms with Crippen molar-refractivity contribution in [3.05, 3.63) is 46.6 Å². The molecule has 3 heterocycles. The van der Waals surface area contributed by atoms with E-state index in [1.54, 1.807) is 4.90 Å². The monoisotopic (exact) mass is 372 g/mol. The summed E-state index contributed by atoms with van der Waals surface area (Å²) in [5, 5.41) is 8.95. The van der Waals surface area contributed by atoms with Gasteiger partial charge in [0.05, 0.1) is 12.5 Å². The van der Waals surface area contributed by atoms with Crippen LogP contribution in [0.25, 0.3) is 0 Å². The van der Waals surface area contributed by atoms with Crippen LogP contribution >= 0.6 is 0 Å². The van der Waals surface area contributed by atoms with Crippen LogP contribution in [0.5, 0.6) is 0 Å². The summed E-state index contributed by atoms with van der Waals surface area (Å²) in [4.78, 5) is 38.6. The average Bonchev–Trinajstić information content (AvgIpc) is 3.09. The number of halogens is 1. The minimum atomic E-state index is -0.769. The highest BCUT2D eigenvalue weighted by Gasteiger charge is 2.36. The predicted octanol–water partition coefficient (Wildman–Crippen LogP) is 1.18. The number of rotatable bonds is 2. The third-order valence-electron chi connectivity index (χ3n) is 4.93. The number of anilines is 1. The van der Waals surface area contributed by atoms with Gasteiger partial charge in [-0.3, -0.25) is 14.4 Å². The van der Waals surface area contributed by atoms with Gasteiger partial charge in [0, 0.05) is 37.7 Å². The summed E-state index contributed by atoms with van der Waals surface area (Å²) in [6.07, 6.45) is 0.366. The smallest absolute Gasteiger partial charge is 0.273 e. The van der Waals surface area contributed by atoms with E-state index < -0.39 is 17.6 Å². The van der Waals surface area contributed by atoms with Crippen LogP contribution in [-0.2, 0) is 22.6 Å². The van der Waals surface area contributed by atoms with Crippen LogP contribution in [0.4, 0.5) is 10.1 Å². The molecular formula is C18H17FN4O4. The molecule has 8 nitrogen and oxygen atoms in total. The quantitative estimate of drug-likeness (QED) is 0.824. The lowest BCUT2D eigenvalue weighted by atomic mass is 9.88. The molecule has 0 fully saturated rings. The highest BCUT2D eigenvalue weighted by molar-refractivity contribution is 6.01. The molecular weight excluding hydrogens is 355 g/mol. The average molecular weight is 372 g/mol. The molecule has 2 aromatic rings. The van der Waals surface area contributed by atoms with Crippen LogP contribution in [-0.4, -0.2) is 41.4 Å². The molecule has 1 aromatic carbocycles. The van der Waals surface area contributed by atoms with Crippen molar-refractivity contribution < 1.29 is 23.3 Å². The Morgan fingerprint density at radius 2 is 2.22 bits per heavy atom. The second-order valence-electron chi connectivity index (χ2n) is 6.56. The van der Waals surface area contributed by atoms with Crippen molar-refractivity contribution >= 4 is 23.4 Å². The van der Waals surface area contributed by atoms with E-state index in [4.69, 9.17) is 4.52 Å². The molecule has 1 aromatic heterocycles. The number of fused-ring (bicyclic) bond motifs is 2. The highest BCUT2D eigenvalue weighted by atomic mass is 19.1. The molecule has 0 bridgehead atoms. The second kappa shape index (κ2) is 6.49. The Hall–Kier alpha value is -3.23. The minimum absolute atomic E-state index is 0.0510. The van der Waals surface area contributed by atoms with E-state index in [2.05, 4.69) is 15.8 Å². The number of carbonyl (C=O) groups excluding carboxylic acids is 3. The highest BCUT2D eigenvalue weighted by Crippen LogP contribution is 2.35. The fourth-order valence-electron chi connectivity index (χ4n) is 3.57. The van der Waals surface area contributed by atoms with Gasteiger partial charge < -0.3 is 20.1 Å². The molecule has 3 amide bonds. The van der Waals surface area contributed by atoms with E-state index in [1.807, 2.05) is 0 Å². The Labute approximate surface area is 153 Å². The third kappa shape index (κ3) is 2.94. The fourth-order valence-corrected chi connectivity index (χ4v) is 3.57. The summed E-state index contributed by atoms with van der Waals surface area (Å²) in [5.41, 5.74) is 1.62. The van der Waals surface area contributed by atoms with Gasteiger partial charge in [0.15, 0.2) is 5.69 Å². The first-order valence-corrected chi connectivity index (χ1v) is 8.55. The molecule has 4 rings (SSSR count). The standard InChI is InChI=1S/C18H17FN4O4/c1-20-17(25)16-12-8-23(5-4-14(12)27-22-16)18(26)11-7-15(24)21-13-3-2-9(19)6-10(11)13/h2-3,6,11H,4-5,7-8H2,1H3,(H,20,25)(H,21,24). The number of nitrogens with one attached hydrogen (secondary N) is 2. The van der Waals surface area contributed by atoms with E-state index in [1.165, 1.54) is 25.2 Å². The van der Waals surface area contributed by atoms with E-state index >= 15 is 0 Å². The molecule has 0 saturated carbocycles. The zero-order chi connectivity index (χ0) is 19.1. The number of benzene rings is 1. The molecule has 1 unspecified atom stereocenters. The molecule has 27 heavy (non-hydrogen) atoms. The predicted molar refractivity (Wildman–Crippen MR) is 91.4 cm³/mol. The van der Waals surface area contributed by atoms with Crippen molar-refractivity contribution in [2.24, 2.45) is 0 Å². The van der Waals surface area contributed by atoms with Gasteiger partial charge in [0.25, 0.3) is 5.91 Å². The SMILES string of the molecule is CNC(=O)c1noc2c1CN(C(=O)C1CC(=O)Nc3ccc(F)cc31)CC2. The Balaban J connectivity index is 1.63. The van der Waals surface area contributed by atoms with Crippen molar-refractivity contribution in [1.82, 2.24) is 15.4 Å². The molecule has 2 N–H and O–H groups in total. The van der Waals surface area contributed by atoms with Crippen molar-refractivity contribution in [3.8, 4) is 0 Å². The van der Waals surface area contributed by atoms with Gasteiger partial charge in [-0.05, 0) is 23.8 Å². The minimum Gasteiger partial charge on any atom is -0.360 e. The van der Waals surface area contributed by atoms with Crippen molar-refractivity contribution in [2.45, 2.75) is 25.3 Å². The van der Waals surface area contributed by atoms with Crippen LogP contribution in [0.3, 0.4) is 0 Å². The van der Waals surface area contributed by atoms with E-state index in [0.29, 0.717) is 35.5 Å². The van der Waals surface area contributed by atoms with Gasteiger partial charge >= 0.3 is 0 Å². The van der Waals surface area contributed by atoms with Gasteiger partial charge in [0.1, 0.15) is 11.6 Å². The van der Waals surface area contributed by atoms with Gasteiger partial charge in [-0.2, -0.15) is 0 Å². The molecule has 2 aliphatic rings. The normalized spacial score (nSPS) is 18.4. The lowest BCUT2D eigenvalue weighted by molar-refractivity contribution is -0.135. The lowest BCUT2D eigenvalue weighted by Crippen LogP contribution is -2.41. The van der Waals surface area contributed by atoms with E-state index in [-0.39, 0.29) is 30.5 Å². The first-order valence-electron chi connectivity index (χ1n) is 8.55. The van der Waals surface area contributed by atoms with Crippen LogP contribution in [0.2, 0.25) is 0 Å². The van der Waals surface area contributed by atoms with Crippen LogP contribution in [0.1, 0.15) is 39.7 Å². The first-order chi connectivity index (χ1) is 13.0. The molecule has 9 heteroatoms. The maximum atomic E-state index is 13.7. The molecule has 140 valence electrons. The van der Waals surface area contributed by atoms with Gasteiger partial charge in [-0.15, -0.1) is 0 Å². The van der Waals surface area contributed by atoms with Crippen LogP contribution in [0.15, 0.2) is 22.7 Å². The molecule has 0 saturated heterocycles. The Bertz CT molecular complexity index is 955. The van der Waals surface area contributed by atoms with E-state index in [9.17, 15) is 18.8 Å². The van der Waals surface area contributed by atoms with Crippen molar-refractivity contribution in [2.75, 3.05) is 18.9 Å². The molecule has 1 atom stereocenters. The Kier molecular flexibility index (Phi) is 4.14. The van der Waals surface area contributed by atoms with Gasteiger partial charge in [0.2, 0.25) is 11.8 Å². The fraction of sp³-hybridized carbons (Fsp3) is 0.333. The summed E-state index contributed by atoms with van der Waals surface area (Å²) >= 11 is 0. The summed E-state index contributed by atoms with van der Waals surface area (Å²) in [6.45, 7) is 0.528. The number of hydrogen-bond acceptors (Lipinski definition) is 5.